The Labute approximate surface area is 182 Å². The van der Waals surface area contributed by atoms with Crippen molar-refractivity contribution in [3.05, 3.63) is 83.7 Å². The van der Waals surface area contributed by atoms with Gasteiger partial charge in [-0.25, -0.2) is 0 Å². The minimum Gasteiger partial charge on any atom is -0.487 e. The molecule has 1 N–H and O–H groups in total. The third-order valence-corrected chi connectivity index (χ3v) is 5.10. The summed E-state index contributed by atoms with van der Waals surface area (Å²) in [4.78, 5) is 16.7. The number of nitrogens with one attached hydrogen (secondary N) is 1. The largest absolute Gasteiger partial charge is 0.487 e. The summed E-state index contributed by atoms with van der Waals surface area (Å²) in [6, 6.07) is 19.2. The van der Waals surface area contributed by atoms with Gasteiger partial charge in [0.2, 0.25) is 5.91 Å². The van der Waals surface area contributed by atoms with Gasteiger partial charge in [-0.15, -0.1) is 0 Å². The fourth-order valence-corrected chi connectivity index (χ4v) is 3.41. The van der Waals surface area contributed by atoms with Crippen LogP contribution in [-0.4, -0.2) is 24.1 Å². The highest BCUT2D eigenvalue weighted by Crippen LogP contribution is 2.31. The molecule has 2 aromatic carbocycles. The molecule has 6 heteroatoms. The Kier molecular flexibility index (Phi) is 6.67. The van der Waals surface area contributed by atoms with E-state index in [1.165, 1.54) is 0 Å². The smallest absolute Gasteiger partial charge is 0.220 e. The van der Waals surface area contributed by atoms with Gasteiger partial charge in [0.25, 0.3) is 0 Å². The van der Waals surface area contributed by atoms with Gasteiger partial charge in [-0.1, -0.05) is 24.3 Å². The van der Waals surface area contributed by atoms with Crippen LogP contribution < -0.4 is 19.5 Å². The molecule has 0 radical (unpaired) electrons. The van der Waals surface area contributed by atoms with E-state index in [-0.39, 0.29) is 11.9 Å². The van der Waals surface area contributed by atoms with E-state index in [9.17, 15) is 4.79 Å². The zero-order valence-electron chi connectivity index (χ0n) is 17.5. The van der Waals surface area contributed by atoms with Crippen molar-refractivity contribution in [2.24, 2.45) is 0 Å². The number of pyridine rings is 1. The average molecular weight is 418 g/mol. The van der Waals surface area contributed by atoms with Crippen LogP contribution in [0.3, 0.4) is 0 Å². The molecule has 4 rings (SSSR count). The van der Waals surface area contributed by atoms with E-state index in [1.807, 2.05) is 67.6 Å². The maximum absolute atomic E-state index is 12.5. The molecule has 0 fully saturated rings. The zero-order chi connectivity index (χ0) is 21.5. The number of nitrogens with zero attached hydrogens (tertiary/aromatic N) is 1. The summed E-state index contributed by atoms with van der Waals surface area (Å²) < 4.78 is 17.0. The zero-order valence-corrected chi connectivity index (χ0v) is 17.5. The normalized spacial score (nSPS) is 13.3. The molecule has 0 saturated carbocycles. The van der Waals surface area contributed by atoms with Crippen molar-refractivity contribution < 1.29 is 19.0 Å². The molecule has 1 aromatic heterocycles. The highest BCUT2D eigenvalue weighted by molar-refractivity contribution is 5.76. The fourth-order valence-electron chi connectivity index (χ4n) is 3.41. The standard InChI is InChI=1S/C25H26N2O4/c1-18(20-5-4-7-22(16-20)31-17-21-6-2-3-12-26-21)27-25(28)11-9-19-8-10-23-24(15-19)30-14-13-29-23/h2-8,10,12,15-16,18H,9,11,13-14,17H2,1H3,(H,27,28). The van der Waals surface area contributed by atoms with Gasteiger partial charge >= 0.3 is 0 Å². The number of carbonyl (C=O) groups is 1. The molecule has 1 amide bonds. The molecule has 6 nitrogen and oxygen atoms in total. The molecule has 1 aliphatic heterocycles. The summed E-state index contributed by atoms with van der Waals surface area (Å²) in [6.07, 6.45) is 2.79. The first-order chi connectivity index (χ1) is 15.2. The molecule has 31 heavy (non-hydrogen) atoms. The average Bonchev–Trinajstić information content (AvgIpc) is 2.82. The number of carbonyl (C=O) groups excluding carboxylic acids is 1. The Morgan fingerprint density at radius 2 is 1.94 bits per heavy atom. The lowest BCUT2D eigenvalue weighted by Gasteiger charge is -2.19. The predicted octanol–water partition coefficient (Wildman–Crippen LogP) is 4.24. The highest BCUT2D eigenvalue weighted by atomic mass is 16.6. The number of hydrogen-bond donors (Lipinski definition) is 1. The van der Waals surface area contributed by atoms with Gasteiger partial charge in [-0.2, -0.15) is 0 Å². The SMILES string of the molecule is CC(NC(=O)CCc1ccc2c(c1)OCCO2)c1cccc(OCc2ccccn2)c1. The van der Waals surface area contributed by atoms with Crippen molar-refractivity contribution in [1.82, 2.24) is 10.3 Å². The number of benzene rings is 2. The van der Waals surface area contributed by atoms with Crippen LogP contribution in [0.4, 0.5) is 0 Å². The topological polar surface area (TPSA) is 69.7 Å². The van der Waals surface area contributed by atoms with Crippen LogP contribution in [0.25, 0.3) is 0 Å². The van der Waals surface area contributed by atoms with E-state index >= 15 is 0 Å². The van der Waals surface area contributed by atoms with Crippen molar-refractivity contribution in [3.63, 3.8) is 0 Å². The molecule has 1 aliphatic rings. The molecule has 1 unspecified atom stereocenters. The van der Waals surface area contributed by atoms with Crippen LogP contribution in [-0.2, 0) is 17.8 Å². The lowest BCUT2D eigenvalue weighted by atomic mass is 10.1. The minimum absolute atomic E-state index is 0.00203. The van der Waals surface area contributed by atoms with Gasteiger partial charge in [0.1, 0.15) is 25.6 Å². The Morgan fingerprint density at radius 1 is 1.06 bits per heavy atom. The van der Waals surface area contributed by atoms with Gasteiger partial charge in [0, 0.05) is 12.6 Å². The molecule has 0 spiro atoms. The summed E-state index contributed by atoms with van der Waals surface area (Å²) in [7, 11) is 0. The van der Waals surface area contributed by atoms with Crippen LogP contribution in [0.2, 0.25) is 0 Å². The van der Waals surface area contributed by atoms with E-state index in [4.69, 9.17) is 14.2 Å². The van der Waals surface area contributed by atoms with E-state index in [0.29, 0.717) is 32.7 Å². The first kappa shape index (κ1) is 20.7. The summed E-state index contributed by atoms with van der Waals surface area (Å²) >= 11 is 0. The second-order valence-corrected chi connectivity index (χ2v) is 7.45. The van der Waals surface area contributed by atoms with Gasteiger partial charge in [0.15, 0.2) is 11.5 Å². The fraction of sp³-hybridized carbons (Fsp3) is 0.280. The third-order valence-electron chi connectivity index (χ3n) is 5.10. The van der Waals surface area contributed by atoms with E-state index < -0.39 is 0 Å². The third kappa shape index (κ3) is 5.75. The Bertz CT molecular complexity index is 1020. The number of ether oxygens (including phenoxy) is 3. The van der Waals surface area contributed by atoms with Crippen LogP contribution in [0, 0.1) is 0 Å². The number of aryl methyl sites for hydroxylation is 1. The number of aromatic nitrogens is 1. The first-order valence-corrected chi connectivity index (χ1v) is 10.5. The van der Waals surface area contributed by atoms with Crippen molar-refractivity contribution >= 4 is 5.91 Å². The second-order valence-electron chi connectivity index (χ2n) is 7.45. The molecular formula is C25H26N2O4. The molecule has 0 aliphatic carbocycles. The van der Waals surface area contributed by atoms with Crippen molar-refractivity contribution in [1.29, 1.82) is 0 Å². The lowest BCUT2D eigenvalue weighted by Crippen LogP contribution is -2.26. The summed E-state index contributed by atoms with van der Waals surface area (Å²) in [5.41, 5.74) is 2.91. The maximum atomic E-state index is 12.5. The van der Waals surface area contributed by atoms with Crippen molar-refractivity contribution in [2.75, 3.05) is 13.2 Å². The Balaban J connectivity index is 1.28. The highest BCUT2D eigenvalue weighted by Gasteiger charge is 2.14. The Morgan fingerprint density at radius 3 is 2.77 bits per heavy atom. The van der Waals surface area contributed by atoms with Gasteiger partial charge in [-0.3, -0.25) is 9.78 Å². The molecule has 160 valence electrons. The van der Waals surface area contributed by atoms with Crippen molar-refractivity contribution in [3.8, 4) is 17.2 Å². The van der Waals surface area contributed by atoms with Gasteiger partial charge < -0.3 is 19.5 Å². The van der Waals surface area contributed by atoms with Crippen LogP contribution in [0.5, 0.6) is 17.2 Å². The second kappa shape index (κ2) is 9.98. The monoisotopic (exact) mass is 418 g/mol. The summed E-state index contributed by atoms with van der Waals surface area (Å²) in [6.45, 7) is 3.50. The van der Waals surface area contributed by atoms with Crippen LogP contribution in [0.15, 0.2) is 66.9 Å². The number of rotatable bonds is 8. The maximum Gasteiger partial charge on any atom is 0.220 e. The predicted molar refractivity (Wildman–Crippen MR) is 117 cm³/mol. The lowest BCUT2D eigenvalue weighted by molar-refractivity contribution is -0.121. The van der Waals surface area contributed by atoms with E-state index in [0.717, 1.165) is 34.1 Å². The molecule has 2 heterocycles. The van der Waals surface area contributed by atoms with Gasteiger partial charge in [-0.05, 0) is 60.9 Å². The molecular weight excluding hydrogens is 392 g/mol. The number of amides is 1. The van der Waals surface area contributed by atoms with Crippen LogP contribution >= 0.6 is 0 Å². The quantitative estimate of drug-likeness (QED) is 0.593. The first-order valence-electron chi connectivity index (χ1n) is 10.5. The molecule has 3 aromatic rings. The molecule has 0 bridgehead atoms. The summed E-state index contributed by atoms with van der Waals surface area (Å²) in [5.74, 6) is 2.26. The number of fused-ring (bicyclic) bond motifs is 1. The molecule has 1 atom stereocenters. The van der Waals surface area contributed by atoms with Gasteiger partial charge in [0.05, 0.1) is 11.7 Å². The molecule has 0 saturated heterocycles. The van der Waals surface area contributed by atoms with E-state index in [1.54, 1.807) is 6.20 Å². The van der Waals surface area contributed by atoms with Crippen molar-refractivity contribution in [2.45, 2.75) is 32.4 Å². The van der Waals surface area contributed by atoms with E-state index in [2.05, 4.69) is 10.3 Å². The number of hydrogen-bond acceptors (Lipinski definition) is 5. The summed E-state index contributed by atoms with van der Waals surface area (Å²) in [5, 5.41) is 3.07. The Hall–Kier alpha value is -3.54. The van der Waals surface area contributed by atoms with Crippen LogP contribution in [0.1, 0.15) is 36.2 Å². The minimum atomic E-state index is -0.119.